The number of phenolic OH excluding ortho intramolecular Hbond substituents is 1. The molecule has 0 saturated carbocycles. The summed E-state index contributed by atoms with van der Waals surface area (Å²) in [6.45, 7) is 2.02. The molecule has 44 heavy (non-hydrogen) atoms. The van der Waals surface area contributed by atoms with E-state index in [1.807, 2.05) is 0 Å². The molecule has 0 aliphatic carbocycles. The number of para-hydroxylation sites is 1. The molecule has 0 aromatic heterocycles. The zero-order valence-electron chi connectivity index (χ0n) is 24.2. The molecule has 1 unspecified atom stereocenters. The second-order valence-corrected chi connectivity index (χ2v) is 11.8. The molecule has 11 heteroatoms. The molecule has 3 heterocycles. The van der Waals surface area contributed by atoms with Gasteiger partial charge < -0.3 is 30.1 Å². The minimum Gasteiger partial charge on any atom is -0.508 e. The summed E-state index contributed by atoms with van der Waals surface area (Å²) < 4.78 is 37.5. The van der Waals surface area contributed by atoms with Gasteiger partial charge in [0.05, 0.1) is 25.2 Å². The summed E-state index contributed by atoms with van der Waals surface area (Å²) >= 11 is 0. The number of alkyl halides is 2. The number of ether oxygens (including phenoxy) is 1. The highest BCUT2D eigenvalue weighted by molar-refractivity contribution is 5.99. The normalized spacial score (nSPS) is 24.8. The predicted octanol–water partition coefficient (Wildman–Crippen LogP) is 3.37. The number of β-lactam (4-membered cyclic amide) rings is 1. The lowest BCUT2D eigenvalue weighted by Crippen LogP contribution is -2.79. The molecule has 0 radical (unpaired) electrons. The molecular formula is C33H33F2N3O6. The lowest BCUT2D eigenvalue weighted by molar-refractivity contribution is -0.201. The number of aliphatic hydroxyl groups is 1. The van der Waals surface area contributed by atoms with Crippen molar-refractivity contribution in [1.29, 1.82) is 0 Å². The van der Waals surface area contributed by atoms with Gasteiger partial charge in [-0.05, 0) is 44.0 Å². The van der Waals surface area contributed by atoms with Crippen molar-refractivity contribution in [3.05, 3.63) is 95.1 Å². The summed E-state index contributed by atoms with van der Waals surface area (Å²) in [6, 6.07) is 16.8. The number of rotatable bonds is 7. The molecule has 6 rings (SSSR count). The number of hydrogen-bond donors (Lipinski definition) is 3. The van der Waals surface area contributed by atoms with Gasteiger partial charge in [0.2, 0.25) is 5.91 Å². The van der Waals surface area contributed by atoms with Crippen LogP contribution in [0.25, 0.3) is 0 Å². The van der Waals surface area contributed by atoms with E-state index >= 15 is 8.78 Å². The third-order valence-electron chi connectivity index (χ3n) is 9.25. The highest BCUT2D eigenvalue weighted by atomic mass is 19.3. The molecule has 0 bridgehead atoms. The van der Waals surface area contributed by atoms with Crippen molar-refractivity contribution < 1.29 is 38.1 Å². The fourth-order valence-electron chi connectivity index (χ4n) is 6.79. The van der Waals surface area contributed by atoms with Crippen molar-refractivity contribution in [1.82, 2.24) is 15.1 Å². The molecule has 3 aliphatic heterocycles. The van der Waals surface area contributed by atoms with Gasteiger partial charge in [0.25, 0.3) is 17.7 Å². The van der Waals surface area contributed by atoms with Gasteiger partial charge in [0.1, 0.15) is 23.1 Å². The number of amides is 3. The van der Waals surface area contributed by atoms with Gasteiger partial charge >= 0.3 is 0 Å². The highest BCUT2D eigenvalue weighted by Gasteiger charge is 2.78. The summed E-state index contributed by atoms with van der Waals surface area (Å²) in [7, 11) is 0. The van der Waals surface area contributed by atoms with Crippen LogP contribution in [-0.4, -0.2) is 80.5 Å². The van der Waals surface area contributed by atoms with Crippen LogP contribution in [0.3, 0.4) is 0 Å². The van der Waals surface area contributed by atoms with Gasteiger partial charge in [-0.25, -0.2) is 8.78 Å². The molecule has 3 amide bonds. The van der Waals surface area contributed by atoms with Gasteiger partial charge in [-0.1, -0.05) is 54.6 Å². The van der Waals surface area contributed by atoms with E-state index in [1.54, 1.807) is 61.5 Å². The maximum atomic E-state index is 15.9. The SMILES string of the molecule is Cc1c(O)cccc1C(=O)N[C@@H](Cc1ccccc1)[C@H](O)C(=O)N1CC(F)(F)C2(C)[C@H]1C(=O)N2[C@H]1CCOc2ccccc21. The Morgan fingerprint density at radius 2 is 1.77 bits per heavy atom. The summed E-state index contributed by atoms with van der Waals surface area (Å²) in [4.78, 5) is 42.7. The quantitative estimate of drug-likeness (QED) is 0.356. The molecule has 5 atom stereocenters. The minimum atomic E-state index is -3.48. The first-order chi connectivity index (χ1) is 21.0. The zero-order chi connectivity index (χ0) is 31.4. The first kappa shape index (κ1) is 29.6. The predicted molar refractivity (Wildman–Crippen MR) is 155 cm³/mol. The van der Waals surface area contributed by atoms with Crippen LogP contribution < -0.4 is 10.1 Å². The first-order valence-corrected chi connectivity index (χ1v) is 14.5. The molecule has 230 valence electrons. The van der Waals surface area contributed by atoms with Crippen molar-refractivity contribution >= 4 is 17.7 Å². The number of likely N-dealkylation sites (tertiary alicyclic amines) is 2. The van der Waals surface area contributed by atoms with E-state index < -0.39 is 60.0 Å². The summed E-state index contributed by atoms with van der Waals surface area (Å²) in [5.41, 5.74) is -0.275. The monoisotopic (exact) mass is 605 g/mol. The Balaban J connectivity index is 1.28. The summed E-state index contributed by atoms with van der Waals surface area (Å²) in [5.74, 6) is -5.43. The Morgan fingerprint density at radius 3 is 2.52 bits per heavy atom. The number of benzene rings is 3. The minimum absolute atomic E-state index is 0.00243. The Morgan fingerprint density at radius 1 is 1.07 bits per heavy atom. The largest absolute Gasteiger partial charge is 0.508 e. The smallest absolute Gasteiger partial charge is 0.290 e. The van der Waals surface area contributed by atoms with Gasteiger partial charge in [-0.15, -0.1) is 0 Å². The Hall–Kier alpha value is -4.51. The van der Waals surface area contributed by atoms with E-state index in [1.165, 1.54) is 30.0 Å². The third-order valence-corrected chi connectivity index (χ3v) is 9.25. The lowest BCUT2D eigenvalue weighted by Gasteiger charge is -2.58. The Labute approximate surface area is 253 Å². The van der Waals surface area contributed by atoms with Gasteiger partial charge in [-0.2, -0.15) is 0 Å². The second kappa shape index (κ2) is 10.9. The molecule has 3 N–H and O–H groups in total. The number of carbonyl (C=O) groups excluding carboxylic acids is 3. The Kier molecular flexibility index (Phi) is 7.31. The number of phenols is 1. The highest BCUT2D eigenvalue weighted by Crippen LogP contribution is 2.57. The van der Waals surface area contributed by atoms with Crippen LogP contribution in [0.2, 0.25) is 0 Å². The van der Waals surface area contributed by atoms with Crippen LogP contribution in [-0.2, 0) is 16.0 Å². The number of halogens is 2. The number of fused-ring (bicyclic) bond motifs is 2. The van der Waals surface area contributed by atoms with Crippen LogP contribution in [0, 0.1) is 6.92 Å². The summed E-state index contributed by atoms with van der Waals surface area (Å²) in [6.07, 6.45) is -1.62. The van der Waals surface area contributed by atoms with Gasteiger partial charge in [0, 0.05) is 23.1 Å². The number of hydrogen-bond acceptors (Lipinski definition) is 6. The van der Waals surface area contributed by atoms with Crippen LogP contribution in [0.15, 0.2) is 72.8 Å². The topological polar surface area (TPSA) is 119 Å². The van der Waals surface area contributed by atoms with E-state index in [-0.39, 0.29) is 24.3 Å². The maximum absolute atomic E-state index is 15.9. The maximum Gasteiger partial charge on any atom is 0.290 e. The van der Waals surface area contributed by atoms with E-state index in [2.05, 4.69) is 5.32 Å². The third kappa shape index (κ3) is 4.57. The number of carbonyl (C=O) groups is 3. The number of nitrogens with zero attached hydrogens (tertiary/aromatic N) is 2. The van der Waals surface area contributed by atoms with E-state index in [0.29, 0.717) is 28.9 Å². The van der Waals surface area contributed by atoms with Crippen molar-refractivity contribution in [3.63, 3.8) is 0 Å². The Bertz CT molecular complexity index is 1620. The molecule has 2 fully saturated rings. The van der Waals surface area contributed by atoms with Crippen LogP contribution in [0.1, 0.15) is 46.4 Å². The summed E-state index contributed by atoms with van der Waals surface area (Å²) in [5, 5.41) is 24.1. The molecule has 3 aliphatic rings. The molecular weight excluding hydrogens is 572 g/mol. The van der Waals surface area contributed by atoms with Crippen molar-refractivity contribution in [2.24, 2.45) is 0 Å². The van der Waals surface area contributed by atoms with Crippen LogP contribution in [0.4, 0.5) is 8.78 Å². The second-order valence-electron chi connectivity index (χ2n) is 11.8. The van der Waals surface area contributed by atoms with E-state index in [0.717, 1.165) is 4.90 Å². The standard InChI is InChI=1S/C33H33F2N3O6/c1-19-21(12-8-13-25(19)39)29(41)36-23(17-20-9-4-3-5-10-20)27(40)30(42)37-18-33(34,35)32(2)28(37)31(43)38(32)24-15-16-44-26-14-7-6-11-22(24)26/h3-14,23-24,27-28,39-40H,15-18H2,1-2H3,(H,36,41)/t23-,24-,27-,28+,32?/m0/s1. The van der Waals surface area contributed by atoms with E-state index in [9.17, 15) is 24.6 Å². The molecule has 3 aromatic rings. The van der Waals surface area contributed by atoms with Gasteiger partial charge in [0.15, 0.2) is 6.10 Å². The number of aliphatic hydroxyl groups excluding tert-OH is 1. The van der Waals surface area contributed by atoms with Crippen molar-refractivity contribution in [2.75, 3.05) is 13.2 Å². The zero-order valence-corrected chi connectivity index (χ0v) is 24.2. The van der Waals surface area contributed by atoms with Gasteiger partial charge in [-0.3, -0.25) is 14.4 Å². The fraction of sp³-hybridized carbons (Fsp3) is 0.364. The van der Waals surface area contributed by atoms with Crippen molar-refractivity contribution in [2.45, 2.75) is 62.4 Å². The van der Waals surface area contributed by atoms with Crippen molar-refractivity contribution in [3.8, 4) is 11.5 Å². The number of aromatic hydroxyl groups is 1. The van der Waals surface area contributed by atoms with Crippen LogP contribution >= 0.6 is 0 Å². The van der Waals surface area contributed by atoms with E-state index in [4.69, 9.17) is 4.74 Å². The average Bonchev–Trinajstić information content (AvgIpc) is 3.20. The molecule has 0 spiro atoms. The molecule has 9 nitrogen and oxygen atoms in total. The lowest BCUT2D eigenvalue weighted by atomic mass is 9.75. The first-order valence-electron chi connectivity index (χ1n) is 14.5. The average molecular weight is 606 g/mol. The fourth-order valence-corrected chi connectivity index (χ4v) is 6.79. The molecule has 3 aromatic carbocycles. The molecule has 2 saturated heterocycles. The number of nitrogens with one attached hydrogen (secondary N) is 1. The van der Waals surface area contributed by atoms with Crippen LogP contribution in [0.5, 0.6) is 11.5 Å².